The zero-order valence-corrected chi connectivity index (χ0v) is 10.8. The van der Waals surface area contributed by atoms with Gasteiger partial charge < -0.3 is 11.1 Å². The van der Waals surface area contributed by atoms with Crippen LogP contribution >= 0.6 is 0 Å². The van der Waals surface area contributed by atoms with Gasteiger partial charge in [-0.3, -0.25) is 4.79 Å². The lowest BCUT2D eigenvalue weighted by molar-refractivity contribution is -0.116. The minimum Gasteiger partial charge on any atom is -0.327 e. The third-order valence-corrected chi connectivity index (χ3v) is 2.56. The molecule has 1 aromatic carbocycles. The standard InChI is InChI=1S/C13H17N5O/c1-10(14)6-13(19)17-12-4-2-11(3-5-12)7-18-9-15-8-16-18/h2-5,8-10H,6-7,14H2,1H3,(H,17,19). The van der Waals surface area contributed by atoms with Crippen molar-refractivity contribution < 1.29 is 4.79 Å². The van der Waals surface area contributed by atoms with Gasteiger partial charge in [-0.2, -0.15) is 5.10 Å². The molecule has 3 N–H and O–H groups in total. The van der Waals surface area contributed by atoms with Crippen LogP contribution in [0.15, 0.2) is 36.9 Å². The van der Waals surface area contributed by atoms with Gasteiger partial charge in [-0.25, -0.2) is 9.67 Å². The van der Waals surface area contributed by atoms with E-state index in [1.165, 1.54) is 6.33 Å². The number of rotatable bonds is 5. The number of anilines is 1. The summed E-state index contributed by atoms with van der Waals surface area (Å²) in [6.07, 6.45) is 3.49. The third kappa shape index (κ3) is 4.18. The van der Waals surface area contributed by atoms with Crippen LogP contribution < -0.4 is 11.1 Å². The van der Waals surface area contributed by atoms with Crippen molar-refractivity contribution in [3.8, 4) is 0 Å². The number of hydrogen-bond donors (Lipinski definition) is 2. The molecule has 1 aromatic heterocycles. The number of carbonyl (C=O) groups is 1. The highest BCUT2D eigenvalue weighted by molar-refractivity contribution is 5.91. The van der Waals surface area contributed by atoms with Gasteiger partial charge in [-0.15, -0.1) is 0 Å². The Labute approximate surface area is 111 Å². The minimum absolute atomic E-state index is 0.0703. The minimum atomic E-state index is -0.133. The summed E-state index contributed by atoms with van der Waals surface area (Å²) in [5.74, 6) is -0.0703. The van der Waals surface area contributed by atoms with Crippen LogP contribution in [-0.4, -0.2) is 26.7 Å². The van der Waals surface area contributed by atoms with Crippen molar-refractivity contribution in [1.82, 2.24) is 14.8 Å². The Bertz CT molecular complexity index is 518. The molecule has 1 heterocycles. The Kier molecular flexibility index (Phi) is 4.25. The average Bonchev–Trinajstić information content (AvgIpc) is 2.83. The van der Waals surface area contributed by atoms with Crippen molar-refractivity contribution in [2.24, 2.45) is 5.73 Å². The molecular weight excluding hydrogens is 242 g/mol. The quantitative estimate of drug-likeness (QED) is 0.838. The second-order valence-corrected chi connectivity index (χ2v) is 4.52. The van der Waals surface area contributed by atoms with Crippen LogP contribution in [0.3, 0.4) is 0 Å². The van der Waals surface area contributed by atoms with E-state index in [-0.39, 0.29) is 11.9 Å². The van der Waals surface area contributed by atoms with Crippen LogP contribution in [0.25, 0.3) is 0 Å². The van der Waals surface area contributed by atoms with Crippen LogP contribution in [0, 0.1) is 0 Å². The molecule has 0 saturated heterocycles. The van der Waals surface area contributed by atoms with Crippen molar-refractivity contribution in [3.05, 3.63) is 42.5 Å². The van der Waals surface area contributed by atoms with Crippen molar-refractivity contribution in [2.45, 2.75) is 25.9 Å². The Balaban J connectivity index is 1.93. The molecule has 0 radical (unpaired) electrons. The lowest BCUT2D eigenvalue weighted by Gasteiger charge is -2.08. The lowest BCUT2D eigenvalue weighted by atomic mass is 10.2. The molecule has 1 unspecified atom stereocenters. The number of hydrogen-bond acceptors (Lipinski definition) is 4. The molecule has 2 rings (SSSR count). The zero-order chi connectivity index (χ0) is 13.7. The van der Waals surface area contributed by atoms with E-state index < -0.39 is 0 Å². The van der Waals surface area contributed by atoms with Crippen LogP contribution in [0.5, 0.6) is 0 Å². The summed E-state index contributed by atoms with van der Waals surface area (Å²) in [7, 11) is 0. The summed E-state index contributed by atoms with van der Waals surface area (Å²) in [5.41, 5.74) is 7.43. The molecule has 6 heteroatoms. The molecule has 0 fully saturated rings. The van der Waals surface area contributed by atoms with E-state index in [2.05, 4.69) is 15.4 Å². The van der Waals surface area contributed by atoms with Gasteiger partial charge in [-0.1, -0.05) is 12.1 Å². The van der Waals surface area contributed by atoms with E-state index in [0.29, 0.717) is 13.0 Å². The fourth-order valence-electron chi connectivity index (χ4n) is 1.70. The summed E-state index contributed by atoms with van der Waals surface area (Å²) < 4.78 is 1.74. The van der Waals surface area contributed by atoms with Gasteiger partial charge in [-0.05, 0) is 24.6 Å². The number of carbonyl (C=O) groups excluding carboxylic acids is 1. The molecular formula is C13H17N5O. The van der Waals surface area contributed by atoms with E-state index in [4.69, 9.17) is 5.73 Å². The number of nitrogens with zero attached hydrogens (tertiary/aromatic N) is 3. The van der Waals surface area contributed by atoms with Gasteiger partial charge in [0.05, 0.1) is 6.54 Å². The topological polar surface area (TPSA) is 85.8 Å². The van der Waals surface area contributed by atoms with Crippen molar-refractivity contribution in [1.29, 1.82) is 0 Å². The van der Waals surface area contributed by atoms with Gasteiger partial charge in [0.1, 0.15) is 12.7 Å². The summed E-state index contributed by atoms with van der Waals surface area (Å²) >= 11 is 0. The number of nitrogens with one attached hydrogen (secondary N) is 1. The Morgan fingerprint density at radius 1 is 1.42 bits per heavy atom. The molecule has 19 heavy (non-hydrogen) atoms. The maximum atomic E-state index is 11.6. The van der Waals surface area contributed by atoms with Gasteiger partial charge in [0, 0.05) is 18.2 Å². The first-order chi connectivity index (χ1) is 9.13. The van der Waals surface area contributed by atoms with E-state index in [0.717, 1.165) is 11.3 Å². The second kappa shape index (κ2) is 6.10. The molecule has 0 aliphatic carbocycles. The number of nitrogens with two attached hydrogens (primary N) is 1. The number of aromatic nitrogens is 3. The molecule has 0 spiro atoms. The fraction of sp³-hybridized carbons (Fsp3) is 0.308. The molecule has 0 saturated carbocycles. The van der Waals surface area contributed by atoms with E-state index in [9.17, 15) is 4.79 Å². The summed E-state index contributed by atoms with van der Waals surface area (Å²) in [5, 5.41) is 6.84. The number of benzene rings is 1. The van der Waals surface area contributed by atoms with Gasteiger partial charge in [0.25, 0.3) is 0 Å². The molecule has 0 bridgehead atoms. The molecule has 0 aliphatic rings. The Morgan fingerprint density at radius 2 is 2.16 bits per heavy atom. The first kappa shape index (κ1) is 13.2. The summed E-state index contributed by atoms with van der Waals surface area (Å²) in [6, 6.07) is 7.50. The first-order valence-electron chi connectivity index (χ1n) is 6.10. The maximum absolute atomic E-state index is 11.6. The van der Waals surface area contributed by atoms with Crippen LogP contribution in [0.4, 0.5) is 5.69 Å². The van der Waals surface area contributed by atoms with E-state index in [1.807, 2.05) is 24.3 Å². The third-order valence-electron chi connectivity index (χ3n) is 2.56. The predicted octanol–water partition coefficient (Wildman–Crippen LogP) is 1.00. The summed E-state index contributed by atoms with van der Waals surface area (Å²) in [6.45, 7) is 2.47. The van der Waals surface area contributed by atoms with Gasteiger partial charge >= 0.3 is 0 Å². The highest BCUT2D eigenvalue weighted by Crippen LogP contribution is 2.11. The second-order valence-electron chi connectivity index (χ2n) is 4.52. The zero-order valence-electron chi connectivity index (χ0n) is 10.8. The lowest BCUT2D eigenvalue weighted by Crippen LogP contribution is -2.23. The monoisotopic (exact) mass is 259 g/mol. The fourth-order valence-corrected chi connectivity index (χ4v) is 1.70. The SMILES string of the molecule is CC(N)CC(=O)Nc1ccc(Cn2cncn2)cc1. The molecule has 100 valence electrons. The molecule has 6 nitrogen and oxygen atoms in total. The van der Waals surface area contributed by atoms with Crippen LogP contribution in [0.1, 0.15) is 18.9 Å². The van der Waals surface area contributed by atoms with Crippen molar-refractivity contribution in [3.63, 3.8) is 0 Å². The number of amides is 1. The smallest absolute Gasteiger partial charge is 0.225 e. The molecule has 0 aliphatic heterocycles. The Morgan fingerprint density at radius 3 is 2.74 bits per heavy atom. The summed E-state index contributed by atoms with van der Waals surface area (Å²) in [4.78, 5) is 15.4. The largest absolute Gasteiger partial charge is 0.327 e. The van der Waals surface area contributed by atoms with Crippen molar-refractivity contribution >= 4 is 11.6 Å². The highest BCUT2D eigenvalue weighted by atomic mass is 16.1. The van der Waals surface area contributed by atoms with Gasteiger partial charge in [0.15, 0.2) is 0 Å². The van der Waals surface area contributed by atoms with E-state index in [1.54, 1.807) is 17.9 Å². The Hall–Kier alpha value is -2.21. The molecule has 2 aromatic rings. The maximum Gasteiger partial charge on any atom is 0.225 e. The van der Waals surface area contributed by atoms with E-state index >= 15 is 0 Å². The highest BCUT2D eigenvalue weighted by Gasteiger charge is 2.05. The predicted molar refractivity (Wildman–Crippen MR) is 72.5 cm³/mol. The van der Waals surface area contributed by atoms with Crippen LogP contribution in [0.2, 0.25) is 0 Å². The van der Waals surface area contributed by atoms with Crippen molar-refractivity contribution in [2.75, 3.05) is 5.32 Å². The first-order valence-corrected chi connectivity index (χ1v) is 6.10. The molecule has 1 amide bonds. The average molecular weight is 259 g/mol. The normalized spacial score (nSPS) is 12.1. The van der Waals surface area contributed by atoms with Crippen LogP contribution in [-0.2, 0) is 11.3 Å². The molecule has 1 atom stereocenters. The van der Waals surface area contributed by atoms with Gasteiger partial charge in [0.2, 0.25) is 5.91 Å².